The highest BCUT2D eigenvalue weighted by atomic mass is 35.5. The van der Waals surface area contributed by atoms with Crippen LogP contribution in [0.1, 0.15) is 5.56 Å². The second kappa shape index (κ2) is 6.35. The van der Waals surface area contributed by atoms with Crippen molar-refractivity contribution >= 4 is 52.2 Å². The molecule has 0 spiro atoms. The molecule has 0 aliphatic carbocycles. The van der Waals surface area contributed by atoms with E-state index in [-0.39, 0.29) is 6.03 Å². The Balaban J connectivity index is 2.08. The second-order valence-corrected chi connectivity index (χ2v) is 5.42. The molecule has 0 saturated carbocycles. The first-order valence-corrected chi connectivity index (χ1v) is 6.88. The average Bonchev–Trinajstić information content (AvgIpc) is 2.39. The van der Waals surface area contributed by atoms with Crippen molar-refractivity contribution in [3.05, 3.63) is 57.0 Å². The van der Waals surface area contributed by atoms with Crippen molar-refractivity contribution < 1.29 is 4.79 Å². The van der Waals surface area contributed by atoms with Crippen LogP contribution in [0.4, 0.5) is 16.2 Å². The largest absolute Gasteiger partial charge is 0.323 e. The number of rotatable bonds is 2. The van der Waals surface area contributed by atoms with Gasteiger partial charge in [-0.05, 0) is 48.9 Å². The van der Waals surface area contributed by atoms with E-state index in [0.29, 0.717) is 26.4 Å². The number of urea groups is 1. The molecule has 0 heterocycles. The Morgan fingerprint density at radius 2 is 1.55 bits per heavy atom. The lowest BCUT2D eigenvalue weighted by Gasteiger charge is -2.11. The fourth-order valence-corrected chi connectivity index (χ4v) is 2.11. The predicted molar refractivity (Wildman–Crippen MR) is 85.3 cm³/mol. The highest BCUT2D eigenvalue weighted by Gasteiger charge is 2.08. The molecule has 0 aromatic heterocycles. The molecule has 2 N–H and O–H groups in total. The van der Waals surface area contributed by atoms with Crippen LogP contribution in [0.3, 0.4) is 0 Å². The second-order valence-electron chi connectivity index (χ2n) is 4.17. The molecule has 2 aromatic carbocycles. The van der Waals surface area contributed by atoms with Crippen LogP contribution < -0.4 is 10.6 Å². The van der Waals surface area contributed by atoms with Gasteiger partial charge in [0, 0.05) is 16.4 Å². The summed E-state index contributed by atoms with van der Waals surface area (Å²) in [6.07, 6.45) is 0. The molecule has 0 radical (unpaired) electrons. The molecule has 3 nitrogen and oxygen atoms in total. The summed E-state index contributed by atoms with van der Waals surface area (Å²) in [6, 6.07) is 9.76. The third kappa shape index (κ3) is 3.79. The lowest BCUT2D eigenvalue weighted by atomic mass is 10.2. The summed E-state index contributed by atoms with van der Waals surface area (Å²) in [5.41, 5.74) is 2.07. The number of halogens is 3. The first-order chi connectivity index (χ1) is 9.45. The number of hydrogen-bond acceptors (Lipinski definition) is 1. The fraction of sp³-hybridized carbons (Fsp3) is 0.0714. The van der Waals surface area contributed by atoms with Gasteiger partial charge in [-0.1, -0.05) is 34.8 Å². The molecule has 0 atom stereocenters. The number of benzene rings is 2. The smallest absolute Gasteiger partial charge is 0.308 e. The van der Waals surface area contributed by atoms with Crippen LogP contribution in [0.15, 0.2) is 36.4 Å². The number of nitrogens with one attached hydrogen (secondary N) is 2. The molecule has 0 aliphatic heterocycles. The fourth-order valence-electron chi connectivity index (χ4n) is 1.60. The van der Waals surface area contributed by atoms with Gasteiger partial charge in [-0.2, -0.15) is 0 Å². The van der Waals surface area contributed by atoms with Crippen molar-refractivity contribution in [2.45, 2.75) is 6.92 Å². The van der Waals surface area contributed by atoms with Gasteiger partial charge in [0.05, 0.1) is 10.0 Å². The molecule has 104 valence electrons. The monoisotopic (exact) mass is 328 g/mol. The van der Waals surface area contributed by atoms with Gasteiger partial charge in [0.25, 0.3) is 0 Å². The maximum absolute atomic E-state index is 11.9. The van der Waals surface area contributed by atoms with Gasteiger partial charge in [0.15, 0.2) is 0 Å². The first-order valence-electron chi connectivity index (χ1n) is 5.75. The van der Waals surface area contributed by atoms with Crippen LogP contribution in [0.5, 0.6) is 0 Å². The summed E-state index contributed by atoms with van der Waals surface area (Å²) < 4.78 is 0. The summed E-state index contributed by atoms with van der Waals surface area (Å²) >= 11 is 17.6. The quantitative estimate of drug-likeness (QED) is 0.740. The molecule has 0 fully saturated rings. The van der Waals surface area contributed by atoms with Crippen LogP contribution in [0.2, 0.25) is 15.1 Å². The van der Waals surface area contributed by atoms with E-state index in [1.54, 1.807) is 36.4 Å². The molecule has 0 unspecified atom stereocenters. The van der Waals surface area contributed by atoms with Crippen LogP contribution in [-0.4, -0.2) is 6.03 Å². The Morgan fingerprint density at radius 1 is 0.950 bits per heavy atom. The Hall–Kier alpha value is -1.42. The zero-order valence-electron chi connectivity index (χ0n) is 10.5. The van der Waals surface area contributed by atoms with Crippen LogP contribution in [0, 0.1) is 6.92 Å². The molecular weight excluding hydrogens is 319 g/mol. The standard InChI is InChI=1S/C14H11Cl3N2O/c1-8-6-11(16)12(17)7-13(8)19-14(20)18-10-4-2-9(15)3-5-10/h2-7H,1H3,(H2,18,19,20). The van der Waals surface area contributed by atoms with E-state index in [2.05, 4.69) is 10.6 Å². The maximum Gasteiger partial charge on any atom is 0.323 e. The van der Waals surface area contributed by atoms with Gasteiger partial charge in [-0.15, -0.1) is 0 Å². The number of aryl methyl sites for hydroxylation is 1. The maximum atomic E-state index is 11.9. The van der Waals surface area contributed by atoms with Gasteiger partial charge in [-0.25, -0.2) is 4.79 Å². The molecule has 6 heteroatoms. The first kappa shape index (κ1) is 15.0. The van der Waals surface area contributed by atoms with Crippen molar-refractivity contribution in [3.63, 3.8) is 0 Å². The predicted octanol–water partition coefficient (Wildman–Crippen LogP) is 5.60. The van der Waals surface area contributed by atoms with E-state index < -0.39 is 0 Å². The Kier molecular flexibility index (Phi) is 4.76. The minimum atomic E-state index is -0.367. The molecular formula is C14H11Cl3N2O. The molecule has 0 bridgehead atoms. The SMILES string of the molecule is Cc1cc(Cl)c(Cl)cc1NC(=O)Nc1ccc(Cl)cc1. The van der Waals surface area contributed by atoms with Crippen molar-refractivity contribution in [2.75, 3.05) is 10.6 Å². The number of hydrogen-bond donors (Lipinski definition) is 2. The lowest BCUT2D eigenvalue weighted by Crippen LogP contribution is -2.19. The van der Waals surface area contributed by atoms with E-state index in [1.807, 2.05) is 6.92 Å². The third-order valence-electron chi connectivity index (χ3n) is 2.62. The highest BCUT2D eigenvalue weighted by molar-refractivity contribution is 6.42. The van der Waals surface area contributed by atoms with E-state index in [0.717, 1.165) is 5.56 Å². The van der Waals surface area contributed by atoms with E-state index in [1.165, 1.54) is 0 Å². The topological polar surface area (TPSA) is 41.1 Å². The molecule has 20 heavy (non-hydrogen) atoms. The summed E-state index contributed by atoms with van der Waals surface area (Å²) in [5, 5.41) is 6.86. The summed E-state index contributed by atoms with van der Waals surface area (Å²) in [4.78, 5) is 11.9. The van der Waals surface area contributed by atoms with E-state index >= 15 is 0 Å². The molecule has 2 amide bonds. The van der Waals surface area contributed by atoms with Gasteiger partial charge in [-0.3, -0.25) is 0 Å². The Morgan fingerprint density at radius 3 is 2.20 bits per heavy atom. The summed E-state index contributed by atoms with van der Waals surface area (Å²) in [7, 11) is 0. The van der Waals surface area contributed by atoms with Crippen molar-refractivity contribution in [1.82, 2.24) is 0 Å². The van der Waals surface area contributed by atoms with Crippen LogP contribution in [0.25, 0.3) is 0 Å². The number of amides is 2. The summed E-state index contributed by atoms with van der Waals surface area (Å²) in [6.45, 7) is 1.83. The zero-order chi connectivity index (χ0) is 14.7. The van der Waals surface area contributed by atoms with Gasteiger partial charge in [0.1, 0.15) is 0 Å². The third-order valence-corrected chi connectivity index (χ3v) is 3.59. The van der Waals surface area contributed by atoms with Gasteiger partial charge < -0.3 is 10.6 Å². The van der Waals surface area contributed by atoms with E-state index in [4.69, 9.17) is 34.8 Å². The number of anilines is 2. The Labute approximate surface area is 131 Å². The van der Waals surface area contributed by atoms with Gasteiger partial charge in [0.2, 0.25) is 0 Å². The van der Waals surface area contributed by atoms with Crippen LogP contribution >= 0.6 is 34.8 Å². The van der Waals surface area contributed by atoms with Crippen molar-refractivity contribution in [1.29, 1.82) is 0 Å². The highest BCUT2D eigenvalue weighted by Crippen LogP contribution is 2.28. The molecule has 2 aromatic rings. The zero-order valence-corrected chi connectivity index (χ0v) is 12.8. The van der Waals surface area contributed by atoms with Crippen molar-refractivity contribution in [3.8, 4) is 0 Å². The molecule has 0 aliphatic rings. The normalized spacial score (nSPS) is 10.2. The van der Waals surface area contributed by atoms with Gasteiger partial charge >= 0.3 is 6.03 Å². The lowest BCUT2D eigenvalue weighted by molar-refractivity contribution is 0.262. The number of carbonyl (C=O) groups excluding carboxylic acids is 1. The number of carbonyl (C=O) groups is 1. The minimum absolute atomic E-state index is 0.367. The average molecular weight is 330 g/mol. The Bertz CT molecular complexity index is 642. The van der Waals surface area contributed by atoms with E-state index in [9.17, 15) is 4.79 Å². The molecule has 2 rings (SSSR count). The van der Waals surface area contributed by atoms with Crippen molar-refractivity contribution in [2.24, 2.45) is 0 Å². The minimum Gasteiger partial charge on any atom is -0.308 e. The summed E-state index contributed by atoms with van der Waals surface area (Å²) in [5.74, 6) is 0. The molecule has 0 saturated heterocycles. The van der Waals surface area contributed by atoms with Crippen LogP contribution in [-0.2, 0) is 0 Å².